The molecule has 0 saturated heterocycles. The van der Waals surface area contributed by atoms with Crippen LogP contribution in [-0.2, 0) is 14.9 Å². The zero-order chi connectivity index (χ0) is 25.3. The third-order valence-corrected chi connectivity index (χ3v) is 9.92. The molecule has 0 unspecified atom stereocenters. The molecule has 1 heterocycles. The molecular weight excluding hydrogens is 438 g/mol. The molecule has 3 rings (SSSR count). The number of rotatable bonds is 6. The van der Waals surface area contributed by atoms with E-state index in [4.69, 9.17) is 4.74 Å². The van der Waals surface area contributed by atoms with Gasteiger partial charge in [0.25, 0.3) is 0 Å². The van der Waals surface area contributed by atoms with Gasteiger partial charge in [-0.05, 0) is 47.3 Å². The smallest absolute Gasteiger partial charge is 0.414 e. The molecule has 0 N–H and O–H groups in total. The van der Waals surface area contributed by atoms with E-state index in [2.05, 4.69) is 84.6 Å². The number of ether oxygens (including phenoxy) is 1. The van der Waals surface area contributed by atoms with E-state index in [1.807, 2.05) is 6.20 Å². The standard InChI is InChI=1S/C29H45NO3Si/c1-20(2)16-23-18-25(31)27(34(6,7)8)19-30(23)28(32)33-26-17-21(3)14-15-24(26)29(4,5)22-12-10-9-11-13-22/h9-13,19-21,23-24,26H,14-18H2,1-8H3/t21-,23+,24-,26-/m1/s1. The van der Waals surface area contributed by atoms with Gasteiger partial charge in [-0.25, -0.2) is 4.79 Å². The summed E-state index contributed by atoms with van der Waals surface area (Å²) in [6.45, 7) is 17.6. The molecule has 5 heteroatoms. The molecule has 0 radical (unpaired) electrons. The highest BCUT2D eigenvalue weighted by Crippen LogP contribution is 2.44. The highest BCUT2D eigenvalue weighted by atomic mass is 28.3. The first-order chi connectivity index (χ1) is 15.8. The van der Waals surface area contributed by atoms with Gasteiger partial charge in [-0.3, -0.25) is 9.69 Å². The summed E-state index contributed by atoms with van der Waals surface area (Å²) in [5, 5.41) is 0.850. The summed E-state index contributed by atoms with van der Waals surface area (Å²) in [4.78, 5) is 28.5. The highest BCUT2D eigenvalue weighted by molar-refractivity contribution is 6.87. The summed E-state index contributed by atoms with van der Waals surface area (Å²) >= 11 is 0. The van der Waals surface area contributed by atoms with Gasteiger partial charge in [-0.1, -0.05) is 91.0 Å². The van der Waals surface area contributed by atoms with Crippen molar-refractivity contribution in [3.05, 3.63) is 47.3 Å². The molecular formula is C29H45NO3Si. The van der Waals surface area contributed by atoms with Gasteiger partial charge in [0.05, 0.1) is 8.07 Å². The van der Waals surface area contributed by atoms with Crippen molar-refractivity contribution in [2.24, 2.45) is 17.8 Å². The van der Waals surface area contributed by atoms with E-state index < -0.39 is 8.07 Å². The summed E-state index contributed by atoms with van der Waals surface area (Å²) in [5.74, 6) is 1.39. The minimum Gasteiger partial charge on any atom is -0.446 e. The van der Waals surface area contributed by atoms with Crippen LogP contribution >= 0.6 is 0 Å². The van der Waals surface area contributed by atoms with Crippen LogP contribution in [0.25, 0.3) is 0 Å². The van der Waals surface area contributed by atoms with Gasteiger partial charge in [0.1, 0.15) is 6.10 Å². The Bertz CT molecular complexity index is 900. The summed E-state index contributed by atoms with van der Waals surface area (Å²) < 4.78 is 6.38. The van der Waals surface area contributed by atoms with Gasteiger partial charge in [0, 0.05) is 24.6 Å². The zero-order valence-electron chi connectivity index (χ0n) is 22.6. The molecule has 4 nitrogen and oxygen atoms in total. The molecule has 4 atom stereocenters. The number of benzene rings is 1. The first-order valence-corrected chi connectivity index (χ1v) is 16.6. The predicted molar refractivity (Wildman–Crippen MR) is 142 cm³/mol. The van der Waals surface area contributed by atoms with E-state index in [9.17, 15) is 9.59 Å². The Balaban J connectivity index is 1.90. The fraction of sp³-hybridized carbons (Fsp3) is 0.655. The maximum absolute atomic E-state index is 13.7. The third-order valence-electron chi connectivity index (χ3n) is 7.90. The molecule has 1 fully saturated rings. The summed E-state index contributed by atoms with van der Waals surface area (Å²) in [6.07, 6.45) is 5.75. The van der Waals surface area contributed by atoms with Crippen LogP contribution in [0.15, 0.2) is 41.7 Å². The average Bonchev–Trinajstić information content (AvgIpc) is 2.73. The number of carbonyl (C=O) groups is 2. The molecule has 1 aromatic carbocycles. The van der Waals surface area contributed by atoms with Crippen LogP contribution in [0.2, 0.25) is 19.6 Å². The second-order valence-electron chi connectivity index (χ2n) is 12.6. The number of amides is 1. The Labute approximate surface area is 208 Å². The van der Waals surface area contributed by atoms with Crippen molar-refractivity contribution in [3.8, 4) is 0 Å². The maximum atomic E-state index is 13.7. The van der Waals surface area contributed by atoms with E-state index in [0.717, 1.165) is 30.9 Å². The van der Waals surface area contributed by atoms with E-state index in [0.29, 0.717) is 18.3 Å². The molecule has 0 bridgehead atoms. The molecule has 1 saturated carbocycles. The van der Waals surface area contributed by atoms with Crippen molar-refractivity contribution >= 4 is 20.0 Å². The van der Waals surface area contributed by atoms with Gasteiger partial charge in [-0.2, -0.15) is 0 Å². The molecule has 1 amide bonds. The first kappa shape index (κ1) is 26.7. The fourth-order valence-electron chi connectivity index (χ4n) is 5.85. The topological polar surface area (TPSA) is 46.6 Å². The lowest BCUT2D eigenvalue weighted by Gasteiger charge is -2.45. The second-order valence-corrected chi connectivity index (χ2v) is 17.7. The SMILES string of the molecule is CC(C)C[C@H]1CC(=O)C([Si](C)(C)C)=CN1C(=O)O[C@@H]1C[C@H](C)CC[C@H]1C(C)(C)c1ccccc1. The second kappa shape index (κ2) is 10.4. The number of hydrogen-bond donors (Lipinski definition) is 0. The van der Waals surface area contributed by atoms with Crippen molar-refractivity contribution in [2.45, 2.75) is 104 Å². The largest absolute Gasteiger partial charge is 0.446 e. The van der Waals surface area contributed by atoms with Crippen molar-refractivity contribution in [1.82, 2.24) is 4.90 Å². The zero-order valence-corrected chi connectivity index (χ0v) is 23.6. The highest BCUT2D eigenvalue weighted by Gasteiger charge is 2.44. The fourth-order valence-corrected chi connectivity index (χ4v) is 7.32. The normalized spacial score (nSPS) is 26.4. The number of nitrogens with zero attached hydrogens (tertiary/aromatic N) is 1. The lowest BCUT2D eigenvalue weighted by Crippen LogP contribution is -2.49. The Kier molecular flexibility index (Phi) is 8.17. The van der Waals surface area contributed by atoms with Gasteiger partial charge in [0.2, 0.25) is 0 Å². The Morgan fingerprint density at radius 1 is 1.15 bits per heavy atom. The third kappa shape index (κ3) is 6.02. The van der Waals surface area contributed by atoms with Gasteiger partial charge < -0.3 is 4.74 Å². The minimum atomic E-state index is -1.87. The van der Waals surface area contributed by atoms with E-state index >= 15 is 0 Å². The summed E-state index contributed by atoms with van der Waals surface area (Å²) in [7, 11) is -1.87. The molecule has 1 aliphatic carbocycles. The average molecular weight is 484 g/mol. The molecule has 1 aliphatic heterocycles. The van der Waals surface area contributed by atoms with Gasteiger partial charge >= 0.3 is 6.09 Å². The minimum absolute atomic E-state index is 0.0964. The predicted octanol–water partition coefficient (Wildman–Crippen LogP) is 7.36. The quantitative estimate of drug-likeness (QED) is 0.397. The van der Waals surface area contributed by atoms with Crippen molar-refractivity contribution in [1.29, 1.82) is 0 Å². The lowest BCUT2D eigenvalue weighted by atomic mass is 9.64. The molecule has 2 aliphatic rings. The number of Topliss-reactive ketones (excluding diaryl/α,β-unsaturated/α-hetero) is 1. The van der Waals surface area contributed by atoms with Crippen LogP contribution in [0.3, 0.4) is 0 Å². The number of hydrogen-bond acceptors (Lipinski definition) is 3. The summed E-state index contributed by atoms with van der Waals surface area (Å²) in [6, 6.07) is 10.5. The van der Waals surface area contributed by atoms with E-state index in [1.165, 1.54) is 5.56 Å². The first-order valence-electron chi connectivity index (χ1n) is 13.1. The lowest BCUT2D eigenvalue weighted by molar-refractivity contribution is -0.116. The Morgan fingerprint density at radius 3 is 2.38 bits per heavy atom. The molecule has 34 heavy (non-hydrogen) atoms. The number of ketones is 1. The van der Waals surface area contributed by atoms with Crippen molar-refractivity contribution in [3.63, 3.8) is 0 Å². The van der Waals surface area contributed by atoms with E-state index in [-0.39, 0.29) is 35.4 Å². The van der Waals surface area contributed by atoms with Crippen LogP contribution < -0.4 is 0 Å². The molecule has 1 aromatic rings. The van der Waals surface area contributed by atoms with Crippen molar-refractivity contribution < 1.29 is 14.3 Å². The molecule has 188 valence electrons. The summed E-state index contributed by atoms with van der Waals surface area (Å²) in [5.41, 5.74) is 1.19. The van der Waals surface area contributed by atoms with Gasteiger partial charge in [-0.15, -0.1) is 0 Å². The van der Waals surface area contributed by atoms with Gasteiger partial charge in [0.15, 0.2) is 5.78 Å². The Morgan fingerprint density at radius 2 is 1.79 bits per heavy atom. The van der Waals surface area contributed by atoms with Crippen molar-refractivity contribution in [2.75, 3.05) is 0 Å². The van der Waals surface area contributed by atoms with Crippen LogP contribution in [0.4, 0.5) is 4.79 Å². The van der Waals surface area contributed by atoms with Crippen LogP contribution in [0.1, 0.15) is 72.3 Å². The Hall–Kier alpha value is -1.88. The maximum Gasteiger partial charge on any atom is 0.414 e. The van der Waals surface area contributed by atoms with Crippen LogP contribution in [0.5, 0.6) is 0 Å². The monoisotopic (exact) mass is 483 g/mol. The number of carbonyl (C=O) groups excluding carboxylic acids is 2. The molecule has 0 aromatic heterocycles. The van der Waals surface area contributed by atoms with Crippen LogP contribution in [0, 0.1) is 17.8 Å². The van der Waals surface area contributed by atoms with Crippen LogP contribution in [-0.4, -0.2) is 37.0 Å². The number of allylic oxidation sites excluding steroid dienone is 1. The molecule has 0 spiro atoms. The van der Waals surface area contributed by atoms with E-state index in [1.54, 1.807) is 4.90 Å².